The summed E-state index contributed by atoms with van der Waals surface area (Å²) in [7, 11) is -1.47. The Morgan fingerprint density at radius 1 is 1.47 bits per heavy atom. The van der Waals surface area contributed by atoms with E-state index < -0.39 is 10.0 Å². The van der Waals surface area contributed by atoms with Crippen LogP contribution in [0.4, 0.5) is 0 Å². The molecule has 17 heavy (non-hydrogen) atoms. The van der Waals surface area contributed by atoms with Gasteiger partial charge in [0.2, 0.25) is 10.0 Å². The lowest BCUT2D eigenvalue weighted by Crippen LogP contribution is -2.49. The molecule has 1 atom stereocenters. The second-order valence-electron chi connectivity index (χ2n) is 4.44. The van der Waals surface area contributed by atoms with Gasteiger partial charge in [-0.3, -0.25) is 0 Å². The van der Waals surface area contributed by atoms with Crippen LogP contribution in [0, 0.1) is 0 Å². The summed E-state index contributed by atoms with van der Waals surface area (Å²) in [6.45, 7) is 1.58. The maximum atomic E-state index is 11.3. The highest BCUT2D eigenvalue weighted by Gasteiger charge is 2.25. The zero-order valence-corrected chi connectivity index (χ0v) is 11.2. The van der Waals surface area contributed by atoms with E-state index in [4.69, 9.17) is 9.84 Å². The summed E-state index contributed by atoms with van der Waals surface area (Å²) in [5.74, 6) is 0. The first kappa shape index (κ1) is 14.8. The lowest BCUT2D eigenvalue weighted by Gasteiger charge is -2.32. The molecule has 1 rings (SSSR count). The lowest BCUT2D eigenvalue weighted by atomic mass is 10.1. The molecule has 1 unspecified atom stereocenters. The maximum Gasteiger partial charge on any atom is 0.211 e. The Hall–Kier alpha value is -0.210. The van der Waals surface area contributed by atoms with Crippen LogP contribution >= 0.6 is 0 Å². The van der Waals surface area contributed by atoms with Gasteiger partial charge in [-0.2, -0.15) is 0 Å². The molecule has 0 amide bonds. The highest BCUT2D eigenvalue weighted by molar-refractivity contribution is 7.88. The van der Waals surface area contributed by atoms with E-state index in [-0.39, 0.29) is 18.7 Å². The third-order valence-electron chi connectivity index (χ3n) is 2.98. The number of aliphatic hydroxyl groups excluding tert-OH is 1. The number of piperidine rings is 1. The minimum absolute atomic E-state index is 0.0279. The van der Waals surface area contributed by atoms with Gasteiger partial charge in [0.1, 0.15) is 0 Å². The van der Waals surface area contributed by atoms with Gasteiger partial charge in [0.05, 0.1) is 25.5 Å². The fourth-order valence-electron chi connectivity index (χ4n) is 2.04. The zero-order valence-electron chi connectivity index (χ0n) is 10.4. The number of sulfonamides is 1. The largest absolute Gasteiger partial charge is 0.395 e. The molecule has 0 aliphatic carbocycles. The molecule has 7 heteroatoms. The van der Waals surface area contributed by atoms with Crippen molar-refractivity contribution in [3.8, 4) is 0 Å². The molecule has 1 saturated heterocycles. The van der Waals surface area contributed by atoms with Crippen LogP contribution < -0.4 is 5.32 Å². The third-order valence-corrected chi connectivity index (χ3v) is 4.29. The molecule has 6 nitrogen and oxygen atoms in total. The second kappa shape index (κ2) is 6.65. The van der Waals surface area contributed by atoms with E-state index in [2.05, 4.69) is 5.32 Å². The van der Waals surface area contributed by atoms with Crippen molar-refractivity contribution in [2.24, 2.45) is 0 Å². The summed E-state index contributed by atoms with van der Waals surface area (Å²) in [5, 5.41) is 12.4. The number of methoxy groups -OCH3 is 1. The quantitative estimate of drug-likeness (QED) is 0.645. The Labute approximate surface area is 103 Å². The van der Waals surface area contributed by atoms with Gasteiger partial charge >= 0.3 is 0 Å². The molecule has 0 spiro atoms. The number of rotatable bonds is 6. The Bertz CT molecular complexity index is 312. The van der Waals surface area contributed by atoms with E-state index in [0.717, 1.165) is 12.8 Å². The average Bonchev–Trinajstić information content (AvgIpc) is 2.28. The molecule has 0 saturated carbocycles. The van der Waals surface area contributed by atoms with Gasteiger partial charge in [0.25, 0.3) is 0 Å². The van der Waals surface area contributed by atoms with Gasteiger partial charge in [-0.15, -0.1) is 0 Å². The van der Waals surface area contributed by atoms with Crippen LogP contribution in [0.25, 0.3) is 0 Å². The van der Waals surface area contributed by atoms with Gasteiger partial charge in [0, 0.05) is 26.2 Å². The standard InChI is InChI=1S/C10H22N2O4S/c1-16-8-10(7-13)11-9-3-5-12(6-4-9)17(2,14)15/h9-11,13H,3-8H2,1-2H3. The smallest absolute Gasteiger partial charge is 0.211 e. The second-order valence-corrected chi connectivity index (χ2v) is 6.42. The van der Waals surface area contributed by atoms with Crippen molar-refractivity contribution in [1.82, 2.24) is 9.62 Å². The number of nitrogens with zero attached hydrogens (tertiary/aromatic N) is 1. The predicted molar refractivity (Wildman–Crippen MR) is 65.3 cm³/mol. The zero-order chi connectivity index (χ0) is 12.9. The van der Waals surface area contributed by atoms with Crippen LogP contribution in [0.15, 0.2) is 0 Å². The SMILES string of the molecule is COCC(CO)NC1CCN(S(C)(=O)=O)CC1. The van der Waals surface area contributed by atoms with Crippen LogP contribution in [-0.2, 0) is 14.8 Å². The Kier molecular flexibility index (Phi) is 5.81. The van der Waals surface area contributed by atoms with Crippen molar-refractivity contribution in [3.63, 3.8) is 0 Å². The molecule has 102 valence electrons. The molecule has 0 radical (unpaired) electrons. The topological polar surface area (TPSA) is 78.9 Å². The fourth-order valence-corrected chi connectivity index (χ4v) is 2.92. The van der Waals surface area contributed by atoms with Gasteiger partial charge < -0.3 is 15.2 Å². The molecule has 1 aliphatic heterocycles. The minimum atomic E-state index is -3.06. The summed E-state index contributed by atoms with van der Waals surface area (Å²) >= 11 is 0. The van der Waals surface area contributed by atoms with Crippen LogP contribution in [0.1, 0.15) is 12.8 Å². The molecular formula is C10H22N2O4S. The van der Waals surface area contributed by atoms with Crippen molar-refractivity contribution >= 4 is 10.0 Å². The van der Waals surface area contributed by atoms with Gasteiger partial charge in [0.15, 0.2) is 0 Å². The predicted octanol–water partition coefficient (Wildman–Crippen LogP) is -0.993. The van der Waals surface area contributed by atoms with E-state index in [1.807, 2.05) is 0 Å². The molecule has 0 aromatic rings. The van der Waals surface area contributed by atoms with E-state index >= 15 is 0 Å². The number of hydrogen-bond acceptors (Lipinski definition) is 5. The number of nitrogens with one attached hydrogen (secondary N) is 1. The van der Waals surface area contributed by atoms with E-state index in [1.54, 1.807) is 7.11 Å². The van der Waals surface area contributed by atoms with Crippen molar-refractivity contribution in [2.75, 3.05) is 39.7 Å². The normalized spacial score (nSPS) is 21.6. The summed E-state index contributed by atoms with van der Waals surface area (Å²) in [6, 6.07) is 0.176. The third kappa shape index (κ3) is 4.89. The first-order valence-corrected chi connectivity index (χ1v) is 7.63. The highest BCUT2D eigenvalue weighted by Crippen LogP contribution is 2.13. The van der Waals surface area contributed by atoms with Gasteiger partial charge in [-0.25, -0.2) is 12.7 Å². The summed E-state index contributed by atoms with van der Waals surface area (Å²) < 4.78 is 29.1. The molecule has 1 aliphatic rings. The molecule has 0 aromatic carbocycles. The monoisotopic (exact) mass is 266 g/mol. The minimum Gasteiger partial charge on any atom is -0.395 e. The summed E-state index contributed by atoms with van der Waals surface area (Å²) in [5.41, 5.74) is 0. The van der Waals surface area contributed by atoms with E-state index in [0.29, 0.717) is 19.7 Å². The lowest BCUT2D eigenvalue weighted by molar-refractivity contribution is 0.116. The number of hydrogen-bond donors (Lipinski definition) is 2. The van der Waals surface area contributed by atoms with E-state index in [9.17, 15) is 8.42 Å². The van der Waals surface area contributed by atoms with Crippen molar-refractivity contribution in [1.29, 1.82) is 0 Å². The number of ether oxygens (including phenoxy) is 1. The fraction of sp³-hybridized carbons (Fsp3) is 1.00. The number of aliphatic hydroxyl groups is 1. The van der Waals surface area contributed by atoms with Crippen LogP contribution in [0.2, 0.25) is 0 Å². The molecule has 1 heterocycles. The molecule has 1 fully saturated rings. The Balaban J connectivity index is 2.36. The van der Waals surface area contributed by atoms with Crippen LogP contribution in [0.5, 0.6) is 0 Å². The van der Waals surface area contributed by atoms with E-state index in [1.165, 1.54) is 10.6 Å². The Morgan fingerprint density at radius 3 is 2.47 bits per heavy atom. The first-order valence-electron chi connectivity index (χ1n) is 5.78. The average molecular weight is 266 g/mol. The Morgan fingerprint density at radius 2 is 2.06 bits per heavy atom. The molecule has 2 N–H and O–H groups in total. The van der Waals surface area contributed by atoms with Gasteiger partial charge in [-0.05, 0) is 12.8 Å². The van der Waals surface area contributed by atoms with Crippen molar-refractivity contribution in [2.45, 2.75) is 24.9 Å². The van der Waals surface area contributed by atoms with Gasteiger partial charge in [-0.1, -0.05) is 0 Å². The van der Waals surface area contributed by atoms with Crippen LogP contribution in [0.3, 0.4) is 0 Å². The molecule has 0 aromatic heterocycles. The van der Waals surface area contributed by atoms with Crippen molar-refractivity contribution in [3.05, 3.63) is 0 Å². The first-order chi connectivity index (χ1) is 7.97. The highest BCUT2D eigenvalue weighted by atomic mass is 32.2. The molecular weight excluding hydrogens is 244 g/mol. The summed E-state index contributed by atoms with van der Waals surface area (Å²) in [6.07, 6.45) is 2.78. The maximum absolute atomic E-state index is 11.3. The summed E-state index contributed by atoms with van der Waals surface area (Å²) in [4.78, 5) is 0. The van der Waals surface area contributed by atoms with Crippen LogP contribution in [-0.4, -0.2) is 69.6 Å². The van der Waals surface area contributed by atoms with Crippen molar-refractivity contribution < 1.29 is 18.3 Å². The molecule has 0 bridgehead atoms.